The van der Waals surface area contributed by atoms with Crippen LogP contribution in [0.2, 0.25) is 0 Å². The van der Waals surface area contributed by atoms with E-state index in [-0.39, 0.29) is 0 Å². The van der Waals surface area contributed by atoms with Crippen molar-refractivity contribution in [2.45, 2.75) is 0 Å². The maximum atomic E-state index is 6.42. The molecule has 1 aliphatic rings. The van der Waals surface area contributed by atoms with E-state index in [1.54, 1.807) is 0 Å². The molecule has 0 spiro atoms. The minimum Gasteiger partial charge on any atom is -0.453 e. The Labute approximate surface area is 325 Å². The van der Waals surface area contributed by atoms with Crippen molar-refractivity contribution >= 4 is 17.2 Å². The molecule has 264 valence electrons. The first-order valence-electron chi connectivity index (χ1n) is 18.5. The minimum atomic E-state index is 0.506. The van der Waals surface area contributed by atoms with Crippen LogP contribution in [0.3, 0.4) is 0 Å². The highest BCUT2D eigenvalue weighted by Gasteiger charge is 2.30. The average molecular weight is 720 g/mol. The van der Waals surface area contributed by atoms with Gasteiger partial charge in [-0.05, 0) is 76.3 Å². The Balaban J connectivity index is 1.25. The van der Waals surface area contributed by atoms with E-state index in [2.05, 4.69) is 89.8 Å². The number of pyridine rings is 1. The molecule has 0 saturated carbocycles. The van der Waals surface area contributed by atoms with E-state index in [1.165, 1.54) is 0 Å². The molecule has 56 heavy (non-hydrogen) atoms. The van der Waals surface area contributed by atoms with Crippen LogP contribution in [0.25, 0.3) is 67.5 Å². The lowest BCUT2D eigenvalue weighted by Gasteiger charge is -2.33. The van der Waals surface area contributed by atoms with Crippen LogP contribution in [0, 0.1) is 0 Å². The summed E-state index contributed by atoms with van der Waals surface area (Å²) in [6.45, 7) is 0. The van der Waals surface area contributed by atoms with Gasteiger partial charge < -0.3 is 4.74 Å². The summed E-state index contributed by atoms with van der Waals surface area (Å²) in [5.74, 6) is 3.79. The monoisotopic (exact) mass is 719 g/mol. The first kappa shape index (κ1) is 32.9. The smallest absolute Gasteiger partial charge is 0.167 e. The van der Waals surface area contributed by atoms with Crippen LogP contribution in [-0.4, -0.2) is 19.9 Å². The van der Waals surface area contributed by atoms with Crippen molar-refractivity contribution in [1.82, 2.24) is 19.9 Å². The van der Waals surface area contributed by atoms with Crippen LogP contribution in [0.4, 0.5) is 17.2 Å². The highest BCUT2D eigenvalue weighted by atomic mass is 16.5. The Hall–Kier alpha value is -7.70. The molecule has 0 fully saturated rings. The van der Waals surface area contributed by atoms with Crippen molar-refractivity contribution in [1.29, 1.82) is 0 Å². The third-order valence-corrected chi connectivity index (χ3v) is 9.93. The molecule has 7 aromatic carbocycles. The lowest BCUT2D eigenvalue weighted by molar-refractivity contribution is 0.476. The standard InChI is InChI=1S/C50H33N5O/c1-5-17-34(18-6-1)38-29-39(35-19-7-2-8-20-35)31-40(30-38)41-32-42(49-53-47(36-21-9-3-10-22-36)52-48(54-49)37-23-11-4-12-24-37)50(51-33-41)55-43-25-13-15-27-45(43)56-46-28-16-14-26-44(46)55/h1-33H. The second-order valence-electron chi connectivity index (χ2n) is 13.5. The molecule has 0 saturated heterocycles. The summed E-state index contributed by atoms with van der Waals surface area (Å²) in [5.41, 5.74) is 10.7. The molecule has 0 N–H and O–H groups in total. The van der Waals surface area contributed by atoms with Crippen molar-refractivity contribution in [3.63, 3.8) is 0 Å². The topological polar surface area (TPSA) is 64.0 Å². The van der Waals surface area contributed by atoms with Gasteiger partial charge in [0.25, 0.3) is 0 Å². The molecular formula is C50H33N5O. The molecule has 0 unspecified atom stereocenters. The molecule has 6 nitrogen and oxygen atoms in total. The quantitative estimate of drug-likeness (QED) is 0.163. The number of anilines is 3. The van der Waals surface area contributed by atoms with Crippen LogP contribution in [0.1, 0.15) is 0 Å². The lowest BCUT2D eigenvalue weighted by atomic mass is 9.93. The minimum absolute atomic E-state index is 0.506. The van der Waals surface area contributed by atoms with Gasteiger partial charge in [-0.2, -0.15) is 0 Å². The Morgan fingerprint density at radius 2 is 0.732 bits per heavy atom. The lowest BCUT2D eigenvalue weighted by Crippen LogP contribution is -2.18. The first-order chi connectivity index (χ1) is 27.7. The van der Waals surface area contributed by atoms with Gasteiger partial charge in [-0.15, -0.1) is 0 Å². The number of rotatable bonds is 7. The van der Waals surface area contributed by atoms with Gasteiger partial charge in [0.15, 0.2) is 29.0 Å². The van der Waals surface area contributed by atoms with Gasteiger partial charge in [-0.1, -0.05) is 146 Å². The number of benzene rings is 7. The number of aromatic nitrogens is 4. The van der Waals surface area contributed by atoms with Gasteiger partial charge in [0, 0.05) is 22.9 Å². The van der Waals surface area contributed by atoms with E-state index in [9.17, 15) is 0 Å². The van der Waals surface area contributed by atoms with Crippen LogP contribution in [0.5, 0.6) is 11.5 Å². The largest absolute Gasteiger partial charge is 0.453 e. The maximum absolute atomic E-state index is 6.42. The first-order valence-corrected chi connectivity index (χ1v) is 18.5. The summed E-state index contributed by atoms with van der Waals surface area (Å²) in [4.78, 5) is 22.9. The van der Waals surface area contributed by atoms with E-state index in [4.69, 9.17) is 24.7 Å². The molecule has 10 rings (SSSR count). The highest BCUT2D eigenvalue weighted by Crippen LogP contribution is 2.51. The summed E-state index contributed by atoms with van der Waals surface area (Å²) in [7, 11) is 0. The highest BCUT2D eigenvalue weighted by molar-refractivity contribution is 5.92. The Kier molecular flexibility index (Phi) is 8.39. The van der Waals surface area contributed by atoms with E-state index in [1.807, 2.05) is 115 Å². The summed E-state index contributed by atoms with van der Waals surface area (Å²) in [6, 6.07) is 66.0. The predicted octanol–water partition coefficient (Wildman–Crippen LogP) is 12.8. The normalized spacial score (nSPS) is 11.7. The fraction of sp³-hybridized carbons (Fsp3) is 0. The molecule has 3 heterocycles. The number of hydrogen-bond acceptors (Lipinski definition) is 6. The fourth-order valence-electron chi connectivity index (χ4n) is 7.21. The van der Waals surface area contributed by atoms with Crippen LogP contribution >= 0.6 is 0 Å². The van der Waals surface area contributed by atoms with Crippen LogP contribution < -0.4 is 9.64 Å². The Morgan fingerprint density at radius 3 is 1.21 bits per heavy atom. The number of nitrogens with zero attached hydrogens (tertiary/aromatic N) is 5. The van der Waals surface area contributed by atoms with Crippen molar-refractivity contribution in [2.24, 2.45) is 0 Å². The molecule has 2 aromatic heterocycles. The average Bonchev–Trinajstić information content (AvgIpc) is 3.29. The van der Waals surface area contributed by atoms with E-state index in [0.717, 1.165) is 72.9 Å². The van der Waals surface area contributed by atoms with Crippen LogP contribution in [-0.2, 0) is 0 Å². The summed E-state index contributed by atoms with van der Waals surface area (Å²) in [6.07, 6.45) is 1.95. The Bertz CT molecular complexity index is 2670. The third-order valence-electron chi connectivity index (χ3n) is 9.93. The summed E-state index contributed by atoms with van der Waals surface area (Å²) >= 11 is 0. The van der Waals surface area contributed by atoms with Gasteiger partial charge in [-0.25, -0.2) is 19.9 Å². The van der Waals surface area contributed by atoms with Crippen molar-refractivity contribution in [3.05, 3.63) is 200 Å². The molecule has 6 heteroatoms. The molecule has 1 aliphatic heterocycles. The third kappa shape index (κ3) is 6.25. The molecule has 0 atom stereocenters. The Morgan fingerprint density at radius 1 is 0.339 bits per heavy atom. The van der Waals surface area contributed by atoms with Crippen molar-refractivity contribution < 1.29 is 4.74 Å². The van der Waals surface area contributed by atoms with E-state index < -0.39 is 0 Å². The molecule has 0 aliphatic carbocycles. The zero-order valence-electron chi connectivity index (χ0n) is 30.2. The van der Waals surface area contributed by atoms with Gasteiger partial charge in [0.05, 0.1) is 16.9 Å². The second kappa shape index (κ2) is 14.3. The SMILES string of the molecule is c1ccc(-c2cc(-c3ccccc3)cc(-c3cnc(N4c5ccccc5Oc5ccccc54)c(-c4nc(-c5ccccc5)nc(-c5ccccc5)n4)c3)c2)cc1. The number of hydrogen-bond donors (Lipinski definition) is 0. The van der Waals surface area contributed by atoms with Gasteiger partial charge in [-0.3, -0.25) is 4.90 Å². The molecular weight excluding hydrogens is 687 g/mol. The molecule has 9 aromatic rings. The number of ether oxygens (including phenoxy) is 1. The second-order valence-corrected chi connectivity index (χ2v) is 13.5. The fourth-order valence-corrected chi connectivity index (χ4v) is 7.21. The summed E-state index contributed by atoms with van der Waals surface area (Å²) in [5, 5.41) is 0. The molecule has 0 radical (unpaired) electrons. The van der Waals surface area contributed by atoms with E-state index in [0.29, 0.717) is 23.3 Å². The molecule has 0 bridgehead atoms. The van der Waals surface area contributed by atoms with Gasteiger partial charge in [0.1, 0.15) is 5.82 Å². The predicted molar refractivity (Wildman–Crippen MR) is 225 cm³/mol. The number of para-hydroxylation sites is 4. The van der Waals surface area contributed by atoms with Crippen molar-refractivity contribution in [2.75, 3.05) is 4.90 Å². The van der Waals surface area contributed by atoms with Crippen molar-refractivity contribution in [3.8, 4) is 79.0 Å². The van der Waals surface area contributed by atoms with Gasteiger partial charge in [0.2, 0.25) is 0 Å². The molecule has 0 amide bonds. The van der Waals surface area contributed by atoms with Crippen LogP contribution in [0.15, 0.2) is 200 Å². The number of fused-ring (bicyclic) bond motifs is 2. The zero-order chi connectivity index (χ0) is 37.3. The zero-order valence-corrected chi connectivity index (χ0v) is 30.2. The maximum Gasteiger partial charge on any atom is 0.167 e. The van der Waals surface area contributed by atoms with Gasteiger partial charge >= 0.3 is 0 Å². The van der Waals surface area contributed by atoms with E-state index >= 15 is 0 Å². The summed E-state index contributed by atoms with van der Waals surface area (Å²) < 4.78 is 6.42.